The van der Waals surface area contributed by atoms with Crippen LogP contribution in [0.25, 0.3) is 12.2 Å². The van der Waals surface area contributed by atoms with Crippen LogP contribution in [-0.4, -0.2) is 23.1 Å². The van der Waals surface area contributed by atoms with E-state index >= 15 is 0 Å². The summed E-state index contributed by atoms with van der Waals surface area (Å²) in [5.41, 5.74) is 2.85. The van der Waals surface area contributed by atoms with Gasteiger partial charge in [0.15, 0.2) is 0 Å². The Balaban J connectivity index is 1.38. The summed E-state index contributed by atoms with van der Waals surface area (Å²) < 4.78 is 8.90. The van der Waals surface area contributed by atoms with Gasteiger partial charge in [-0.3, -0.25) is 0 Å². The monoisotopic (exact) mass is 466 g/mol. The average Bonchev–Trinajstić information content (AvgIpc) is 2.84. The predicted molar refractivity (Wildman–Crippen MR) is 135 cm³/mol. The molecule has 1 aromatic heterocycles. The Labute approximate surface area is 198 Å². The van der Waals surface area contributed by atoms with E-state index in [4.69, 9.17) is 16.3 Å². The van der Waals surface area contributed by atoms with E-state index < -0.39 is 0 Å². The van der Waals surface area contributed by atoms with Crippen LogP contribution in [0, 0.1) is 0 Å². The lowest BCUT2D eigenvalue weighted by molar-refractivity contribution is 0.414. The molecule has 0 atom stereocenters. The molecule has 1 aliphatic rings. The van der Waals surface area contributed by atoms with Gasteiger partial charge in [0.25, 0.3) is 0 Å². The summed E-state index contributed by atoms with van der Waals surface area (Å²) in [7, 11) is 1.67. The third-order valence-corrected chi connectivity index (χ3v) is 6.77. The quantitative estimate of drug-likeness (QED) is 0.343. The Morgan fingerprint density at radius 2 is 1.81 bits per heavy atom. The third kappa shape index (κ3) is 6.17. The zero-order valence-electron chi connectivity index (χ0n) is 18.1. The van der Waals surface area contributed by atoms with Gasteiger partial charge in [0.05, 0.1) is 12.1 Å². The number of rotatable bonds is 8. The van der Waals surface area contributed by atoms with E-state index in [0.717, 1.165) is 32.5 Å². The highest BCUT2D eigenvalue weighted by Crippen LogP contribution is 2.31. The topological polar surface area (TPSA) is 59.1 Å². The number of ether oxygens (including phenoxy) is 1. The molecule has 0 aliphatic heterocycles. The molecule has 2 N–H and O–H groups in total. The number of nitrogens with zero attached hydrogens (tertiary/aromatic N) is 2. The molecule has 3 aromatic rings. The van der Waals surface area contributed by atoms with Crippen molar-refractivity contribution in [2.24, 2.45) is 0 Å². The molecule has 1 heterocycles. The molecule has 32 heavy (non-hydrogen) atoms. The van der Waals surface area contributed by atoms with Gasteiger partial charge in [-0.1, -0.05) is 55.1 Å². The SMILES string of the molecule is COc1cc(NSc2ccccc2Cl)ccc1/C=C/c1cnc(NC2CCCCC2)nc1. The van der Waals surface area contributed by atoms with Crippen LogP contribution in [0.4, 0.5) is 11.6 Å². The molecule has 0 saturated heterocycles. The molecule has 5 nitrogen and oxygen atoms in total. The Bertz CT molecular complexity index is 1050. The smallest absolute Gasteiger partial charge is 0.222 e. The van der Waals surface area contributed by atoms with E-state index in [-0.39, 0.29) is 0 Å². The van der Waals surface area contributed by atoms with Gasteiger partial charge in [0.1, 0.15) is 5.75 Å². The zero-order chi connectivity index (χ0) is 22.2. The number of benzene rings is 2. The summed E-state index contributed by atoms with van der Waals surface area (Å²) in [4.78, 5) is 9.92. The van der Waals surface area contributed by atoms with E-state index in [9.17, 15) is 0 Å². The molecule has 4 rings (SSSR count). The Morgan fingerprint density at radius 3 is 2.56 bits per heavy atom. The van der Waals surface area contributed by atoms with Crippen molar-refractivity contribution in [2.45, 2.75) is 43.0 Å². The molecule has 0 unspecified atom stereocenters. The first-order valence-corrected chi connectivity index (χ1v) is 12.0. The van der Waals surface area contributed by atoms with Gasteiger partial charge in [-0.25, -0.2) is 9.97 Å². The van der Waals surface area contributed by atoms with Gasteiger partial charge >= 0.3 is 0 Å². The lowest BCUT2D eigenvalue weighted by atomic mass is 9.96. The van der Waals surface area contributed by atoms with Crippen molar-refractivity contribution in [3.05, 3.63) is 71.0 Å². The molecule has 166 valence electrons. The van der Waals surface area contributed by atoms with Crippen LogP contribution < -0.4 is 14.8 Å². The highest BCUT2D eigenvalue weighted by molar-refractivity contribution is 8.00. The third-order valence-electron chi connectivity index (χ3n) is 5.41. The maximum Gasteiger partial charge on any atom is 0.222 e. The second-order valence-electron chi connectivity index (χ2n) is 7.74. The minimum atomic E-state index is 0.498. The first kappa shape index (κ1) is 22.5. The van der Waals surface area contributed by atoms with Gasteiger partial charge in [-0.2, -0.15) is 0 Å². The molecule has 0 spiro atoms. The number of anilines is 2. The van der Waals surface area contributed by atoms with Crippen LogP contribution in [0.15, 0.2) is 59.8 Å². The van der Waals surface area contributed by atoms with Crippen LogP contribution >= 0.6 is 23.5 Å². The maximum atomic E-state index is 6.22. The van der Waals surface area contributed by atoms with Crippen molar-refractivity contribution in [3.8, 4) is 5.75 Å². The fourth-order valence-corrected chi connectivity index (χ4v) is 4.59. The second-order valence-corrected chi connectivity index (χ2v) is 9.00. The fraction of sp³-hybridized carbons (Fsp3) is 0.280. The molecule has 1 saturated carbocycles. The molecule has 1 aliphatic carbocycles. The summed E-state index contributed by atoms with van der Waals surface area (Å²) in [5.74, 6) is 1.49. The lowest BCUT2D eigenvalue weighted by Gasteiger charge is -2.22. The van der Waals surface area contributed by atoms with Crippen LogP contribution in [0.2, 0.25) is 5.02 Å². The predicted octanol–water partition coefficient (Wildman–Crippen LogP) is 7.17. The van der Waals surface area contributed by atoms with E-state index in [2.05, 4.69) is 20.0 Å². The minimum absolute atomic E-state index is 0.498. The van der Waals surface area contributed by atoms with E-state index in [0.29, 0.717) is 12.0 Å². The summed E-state index contributed by atoms with van der Waals surface area (Å²) in [6.07, 6.45) is 14.0. The highest BCUT2D eigenvalue weighted by atomic mass is 35.5. The van der Waals surface area contributed by atoms with E-state index in [1.54, 1.807) is 7.11 Å². The van der Waals surface area contributed by atoms with Crippen molar-refractivity contribution in [1.82, 2.24) is 9.97 Å². The number of hydrogen-bond acceptors (Lipinski definition) is 6. The van der Waals surface area contributed by atoms with Crippen LogP contribution in [0.1, 0.15) is 43.2 Å². The largest absolute Gasteiger partial charge is 0.496 e. The number of aromatic nitrogens is 2. The number of methoxy groups -OCH3 is 1. The molecule has 0 amide bonds. The summed E-state index contributed by atoms with van der Waals surface area (Å²) in [5, 5.41) is 4.17. The summed E-state index contributed by atoms with van der Waals surface area (Å²) in [6, 6.07) is 14.2. The Kier molecular flexibility index (Phi) is 7.91. The lowest BCUT2D eigenvalue weighted by Crippen LogP contribution is -2.23. The van der Waals surface area contributed by atoms with Crippen molar-refractivity contribution < 1.29 is 4.74 Å². The molecule has 2 aromatic carbocycles. The highest BCUT2D eigenvalue weighted by Gasteiger charge is 2.13. The normalized spacial score (nSPS) is 14.4. The van der Waals surface area contributed by atoms with E-state index in [1.165, 1.54) is 44.1 Å². The Hall–Kier alpha value is -2.70. The standard InChI is InChI=1S/C25H27ClN4OS/c1-31-23-15-21(30-32-24-10-6-5-9-22(24)26)14-13-19(23)12-11-18-16-27-25(28-17-18)29-20-7-3-2-4-8-20/h5-6,9-17,20,30H,2-4,7-8H2,1H3,(H,27,28,29)/b12-11+. The van der Waals surface area contributed by atoms with Crippen LogP contribution in [-0.2, 0) is 0 Å². The van der Waals surface area contributed by atoms with Gasteiger partial charge in [-0.15, -0.1) is 0 Å². The zero-order valence-corrected chi connectivity index (χ0v) is 19.6. The fourth-order valence-electron chi connectivity index (χ4n) is 3.67. The number of nitrogens with one attached hydrogen (secondary N) is 2. The summed E-state index contributed by atoms with van der Waals surface area (Å²) in [6.45, 7) is 0. The van der Waals surface area contributed by atoms with Crippen LogP contribution in [0.3, 0.4) is 0 Å². The molecular formula is C25H27ClN4OS. The van der Waals surface area contributed by atoms with Gasteiger partial charge in [-0.05, 0) is 49.1 Å². The van der Waals surface area contributed by atoms with E-state index in [1.807, 2.05) is 67.0 Å². The first-order chi connectivity index (χ1) is 15.7. The second kappa shape index (κ2) is 11.2. The Morgan fingerprint density at radius 1 is 1.03 bits per heavy atom. The van der Waals surface area contributed by atoms with Crippen LogP contribution in [0.5, 0.6) is 5.75 Å². The molecule has 1 fully saturated rings. The number of halogens is 1. The van der Waals surface area contributed by atoms with Crippen molar-refractivity contribution in [1.29, 1.82) is 0 Å². The summed E-state index contributed by atoms with van der Waals surface area (Å²) >= 11 is 7.69. The molecular weight excluding hydrogens is 440 g/mol. The average molecular weight is 467 g/mol. The van der Waals surface area contributed by atoms with Crippen molar-refractivity contribution in [3.63, 3.8) is 0 Å². The van der Waals surface area contributed by atoms with Crippen molar-refractivity contribution in [2.75, 3.05) is 17.1 Å². The first-order valence-electron chi connectivity index (χ1n) is 10.8. The minimum Gasteiger partial charge on any atom is -0.496 e. The van der Waals surface area contributed by atoms with Crippen molar-refractivity contribution >= 4 is 47.3 Å². The maximum absolute atomic E-state index is 6.22. The molecule has 7 heteroatoms. The van der Waals surface area contributed by atoms with Gasteiger partial charge < -0.3 is 14.8 Å². The number of hydrogen-bond donors (Lipinski definition) is 2. The molecule has 0 bridgehead atoms. The van der Waals surface area contributed by atoms with Gasteiger partial charge in [0.2, 0.25) is 5.95 Å². The van der Waals surface area contributed by atoms with Gasteiger partial charge in [0, 0.05) is 46.2 Å². The molecule has 0 radical (unpaired) electrons.